The fourth-order valence-corrected chi connectivity index (χ4v) is 4.21. The second-order valence-electron chi connectivity index (χ2n) is 8.12. The molecule has 2 aromatic heterocycles. The number of aryl methyl sites for hydroxylation is 1. The highest BCUT2D eigenvalue weighted by Gasteiger charge is 2.31. The number of carbonyl (C=O) groups is 1. The van der Waals surface area contributed by atoms with Crippen LogP contribution < -0.4 is 5.32 Å². The number of ether oxygens (including phenoxy) is 1. The first-order chi connectivity index (χ1) is 16.1. The summed E-state index contributed by atoms with van der Waals surface area (Å²) in [6.45, 7) is 2.91. The lowest BCUT2D eigenvalue weighted by molar-refractivity contribution is -0.139. The van der Waals surface area contributed by atoms with Gasteiger partial charge in [0.1, 0.15) is 24.1 Å². The number of hydrogen-bond acceptors (Lipinski definition) is 6. The highest BCUT2D eigenvalue weighted by molar-refractivity contribution is 5.78. The first-order valence-electron chi connectivity index (χ1n) is 11.1. The fourth-order valence-electron chi connectivity index (χ4n) is 4.21. The van der Waals surface area contributed by atoms with Crippen molar-refractivity contribution in [2.24, 2.45) is 0 Å². The summed E-state index contributed by atoms with van der Waals surface area (Å²) >= 11 is 0. The monoisotopic (exact) mass is 449 g/mol. The molecule has 4 rings (SSSR count). The van der Waals surface area contributed by atoms with Crippen LogP contribution in [0.4, 0.5) is 10.2 Å². The van der Waals surface area contributed by atoms with Gasteiger partial charge in [-0.05, 0) is 49.9 Å². The van der Waals surface area contributed by atoms with Crippen LogP contribution in [0.2, 0.25) is 0 Å². The summed E-state index contributed by atoms with van der Waals surface area (Å²) in [6, 6.07) is 10.3. The number of carbonyl (C=O) groups excluding carboxylic acids is 1. The molecule has 0 spiro atoms. The minimum Gasteiger partial charge on any atom is -0.375 e. The topological polar surface area (TPSA) is 80.2 Å². The van der Waals surface area contributed by atoms with E-state index in [4.69, 9.17) is 9.72 Å². The van der Waals surface area contributed by atoms with Crippen LogP contribution in [0.15, 0.2) is 48.8 Å². The number of halogens is 1. The zero-order valence-corrected chi connectivity index (χ0v) is 18.9. The Morgan fingerprint density at radius 1 is 1.24 bits per heavy atom. The highest BCUT2D eigenvalue weighted by Crippen LogP contribution is 2.36. The van der Waals surface area contributed by atoms with E-state index >= 15 is 0 Å². The van der Waals surface area contributed by atoms with Crippen LogP contribution in [0.5, 0.6) is 0 Å². The van der Waals surface area contributed by atoms with E-state index in [9.17, 15) is 9.18 Å². The van der Waals surface area contributed by atoms with Crippen molar-refractivity contribution in [3.8, 4) is 11.1 Å². The lowest BCUT2D eigenvalue weighted by atomic mass is 9.94. The van der Waals surface area contributed by atoms with Gasteiger partial charge in [-0.15, -0.1) is 0 Å². The highest BCUT2D eigenvalue weighted by atomic mass is 19.1. The molecule has 1 atom stereocenters. The molecule has 172 valence electrons. The maximum Gasteiger partial charge on any atom is 0.249 e. The average Bonchev–Trinajstić information content (AvgIpc) is 2.84. The van der Waals surface area contributed by atoms with Crippen LogP contribution >= 0.6 is 0 Å². The van der Waals surface area contributed by atoms with Crippen molar-refractivity contribution in [1.29, 1.82) is 0 Å². The van der Waals surface area contributed by atoms with Gasteiger partial charge in [0.25, 0.3) is 0 Å². The second-order valence-corrected chi connectivity index (χ2v) is 8.12. The molecule has 3 heterocycles. The summed E-state index contributed by atoms with van der Waals surface area (Å²) < 4.78 is 19.1. The standard InChI is InChI=1S/C25H28FN5O2/c1-17-28-15-20(25(30-17)22-9-5-6-12-31(22)24(32)16-33-2)18-10-11-27-23(13-18)29-14-19-7-3-4-8-21(19)26/h3-4,7-8,10-11,13,15,22H,5-6,9,12,14,16H2,1-2H3,(H,27,29). The third kappa shape index (κ3) is 5.34. The molecule has 7 nitrogen and oxygen atoms in total. The molecule has 0 radical (unpaired) electrons. The van der Waals surface area contributed by atoms with Crippen LogP contribution in [0.3, 0.4) is 0 Å². The van der Waals surface area contributed by atoms with Crippen molar-refractivity contribution in [2.75, 3.05) is 25.6 Å². The molecule has 1 N–H and O–H groups in total. The van der Waals surface area contributed by atoms with E-state index in [-0.39, 0.29) is 24.4 Å². The summed E-state index contributed by atoms with van der Waals surface area (Å²) in [5.74, 6) is 0.989. The Hall–Kier alpha value is -3.39. The third-order valence-electron chi connectivity index (χ3n) is 5.83. The Morgan fingerprint density at radius 2 is 2.09 bits per heavy atom. The van der Waals surface area contributed by atoms with Crippen LogP contribution in [0.25, 0.3) is 11.1 Å². The van der Waals surface area contributed by atoms with Crippen LogP contribution in [0, 0.1) is 12.7 Å². The van der Waals surface area contributed by atoms with Crippen LogP contribution in [0.1, 0.15) is 42.4 Å². The molecular formula is C25H28FN5O2. The number of benzene rings is 1. The number of rotatable bonds is 7. The molecule has 8 heteroatoms. The number of amides is 1. The maximum absolute atomic E-state index is 14.0. The summed E-state index contributed by atoms with van der Waals surface area (Å²) in [5.41, 5.74) is 3.15. The predicted molar refractivity (Wildman–Crippen MR) is 124 cm³/mol. The summed E-state index contributed by atoms with van der Waals surface area (Å²) in [5, 5.41) is 3.19. The molecule has 3 aromatic rings. The molecule has 0 aliphatic carbocycles. The first-order valence-corrected chi connectivity index (χ1v) is 11.1. The van der Waals surface area contributed by atoms with Gasteiger partial charge in [-0.1, -0.05) is 18.2 Å². The Balaban J connectivity index is 1.64. The number of methoxy groups -OCH3 is 1. The van der Waals surface area contributed by atoms with E-state index in [1.54, 1.807) is 30.6 Å². The van der Waals surface area contributed by atoms with E-state index in [1.807, 2.05) is 24.0 Å². The van der Waals surface area contributed by atoms with Gasteiger partial charge in [0.2, 0.25) is 5.91 Å². The number of piperidine rings is 1. The smallest absolute Gasteiger partial charge is 0.249 e. The summed E-state index contributed by atoms with van der Waals surface area (Å²) in [7, 11) is 1.53. The van der Waals surface area contributed by atoms with Gasteiger partial charge >= 0.3 is 0 Å². The van der Waals surface area contributed by atoms with Gasteiger partial charge < -0.3 is 15.0 Å². The Kier molecular flexibility index (Phi) is 7.24. The van der Waals surface area contributed by atoms with Crippen LogP contribution in [-0.2, 0) is 16.1 Å². The molecule has 1 saturated heterocycles. The lowest BCUT2D eigenvalue weighted by Gasteiger charge is -2.36. The van der Waals surface area contributed by atoms with Crippen molar-refractivity contribution in [3.05, 3.63) is 71.7 Å². The van der Waals surface area contributed by atoms with Crippen molar-refractivity contribution >= 4 is 11.7 Å². The van der Waals surface area contributed by atoms with Gasteiger partial charge in [-0.2, -0.15) is 0 Å². The zero-order chi connectivity index (χ0) is 23.2. The van der Waals surface area contributed by atoms with Gasteiger partial charge in [-0.3, -0.25) is 4.79 Å². The number of nitrogens with one attached hydrogen (secondary N) is 1. The average molecular weight is 450 g/mol. The van der Waals surface area contributed by atoms with Gasteiger partial charge in [0, 0.05) is 43.7 Å². The lowest BCUT2D eigenvalue weighted by Crippen LogP contribution is -2.41. The largest absolute Gasteiger partial charge is 0.375 e. The summed E-state index contributed by atoms with van der Waals surface area (Å²) in [4.78, 5) is 28.2. The van der Waals surface area contributed by atoms with E-state index in [0.29, 0.717) is 30.3 Å². The number of pyridine rings is 1. The molecule has 1 aliphatic heterocycles. The van der Waals surface area contributed by atoms with Gasteiger partial charge in [-0.25, -0.2) is 19.3 Å². The molecule has 0 saturated carbocycles. The Labute approximate surface area is 193 Å². The van der Waals surface area contributed by atoms with Crippen molar-refractivity contribution in [1.82, 2.24) is 19.9 Å². The normalized spacial score (nSPS) is 16.0. The molecule has 33 heavy (non-hydrogen) atoms. The van der Waals surface area contributed by atoms with E-state index in [2.05, 4.69) is 15.3 Å². The molecule has 1 fully saturated rings. The Bertz CT molecular complexity index is 1120. The number of anilines is 1. The molecular weight excluding hydrogens is 421 g/mol. The molecule has 1 aromatic carbocycles. The third-order valence-corrected chi connectivity index (χ3v) is 5.83. The van der Waals surface area contributed by atoms with Crippen LogP contribution in [-0.4, -0.2) is 46.0 Å². The number of likely N-dealkylation sites (tertiary alicyclic amines) is 1. The van der Waals surface area contributed by atoms with E-state index < -0.39 is 0 Å². The Morgan fingerprint density at radius 3 is 2.91 bits per heavy atom. The predicted octanol–water partition coefficient (Wildman–Crippen LogP) is 4.30. The molecule has 1 amide bonds. The molecule has 0 bridgehead atoms. The van der Waals surface area contributed by atoms with Crippen molar-refractivity contribution in [2.45, 2.75) is 38.8 Å². The minimum absolute atomic E-state index is 0.0358. The maximum atomic E-state index is 14.0. The fraction of sp³-hybridized carbons (Fsp3) is 0.360. The molecule has 1 unspecified atom stereocenters. The number of nitrogens with zero attached hydrogens (tertiary/aromatic N) is 4. The van der Waals surface area contributed by atoms with Gasteiger partial charge in [0.15, 0.2) is 0 Å². The first kappa shape index (κ1) is 22.8. The van der Waals surface area contributed by atoms with E-state index in [0.717, 1.165) is 36.1 Å². The van der Waals surface area contributed by atoms with E-state index in [1.165, 1.54) is 13.2 Å². The van der Waals surface area contributed by atoms with Crippen molar-refractivity contribution < 1.29 is 13.9 Å². The van der Waals surface area contributed by atoms with Crippen molar-refractivity contribution in [3.63, 3.8) is 0 Å². The minimum atomic E-state index is -0.256. The zero-order valence-electron chi connectivity index (χ0n) is 18.9. The number of hydrogen-bond donors (Lipinski definition) is 1. The second kappa shape index (κ2) is 10.5. The van der Waals surface area contributed by atoms with Gasteiger partial charge in [0.05, 0.1) is 11.7 Å². The summed E-state index contributed by atoms with van der Waals surface area (Å²) in [6.07, 6.45) is 6.33. The number of aromatic nitrogens is 3. The molecule has 1 aliphatic rings. The quantitative estimate of drug-likeness (QED) is 0.579. The SMILES string of the molecule is COCC(=O)N1CCCCC1c1nc(C)ncc1-c1ccnc(NCc2ccccc2F)c1.